The Labute approximate surface area is 185 Å². The maximum Gasteiger partial charge on any atom is 0.203 e. The Hall–Kier alpha value is -2.58. The third-order valence-corrected chi connectivity index (χ3v) is 7.20. The summed E-state index contributed by atoms with van der Waals surface area (Å²) in [5, 5.41) is 0. The number of ether oxygens (including phenoxy) is 5. The molecule has 2 unspecified atom stereocenters. The molecule has 2 aromatic rings. The van der Waals surface area contributed by atoms with E-state index < -0.39 is 23.4 Å². The van der Waals surface area contributed by atoms with Crippen LogP contribution in [0.4, 0.5) is 0 Å². The second kappa shape index (κ2) is 7.22. The van der Waals surface area contributed by atoms with E-state index in [-0.39, 0.29) is 24.4 Å². The quantitative estimate of drug-likeness (QED) is 0.715. The van der Waals surface area contributed by atoms with Crippen molar-refractivity contribution in [1.82, 2.24) is 0 Å². The van der Waals surface area contributed by atoms with Crippen molar-refractivity contribution < 1.29 is 33.3 Å². The normalized spacial score (nSPS) is 27.5. The van der Waals surface area contributed by atoms with Crippen LogP contribution < -0.4 is 4.74 Å². The molecule has 0 radical (unpaired) electrons. The van der Waals surface area contributed by atoms with Gasteiger partial charge in [-0.15, -0.1) is 0 Å². The second-order valence-electron chi connectivity index (χ2n) is 8.62. The number of rotatable bonds is 2. The van der Waals surface area contributed by atoms with Gasteiger partial charge in [0.15, 0.2) is 17.4 Å². The fourth-order valence-electron chi connectivity index (χ4n) is 6.00. The molecule has 2 aliphatic carbocycles. The lowest BCUT2D eigenvalue weighted by Gasteiger charge is -2.50. The topological polar surface area (TPSA) is 80.3 Å². The fraction of sp³-hybridized carbons (Fsp3) is 0.440. The average molecular weight is 436 g/mol. The number of ketones is 2. The zero-order valence-electron chi connectivity index (χ0n) is 17.8. The van der Waals surface area contributed by atoms with Crippen molar-refractivity contribution in [2.75, 3.05) is 33.5 Å². The van der Waals surface area contributed by atoms with Crippen LogP contribution in [-0.4, -0.2) is 45.1 Å². The van der Waals surface area contributed by atoms with Crippen LogP contribution in [0.2, 0.25) is 0 Å². The van der Waals surface area contributed by atoms with Gasteiger partial charge in [0.1, 0.15) is 5.75 Å². The summed E-state index contributed by atoms with van der Waals surface area (Å²) in [7, 11) is 1.57. The predicted molar refractivity (Wildman–Crippen MR) is 111 cm³/mol. The summed E-state index contributed by atoms with van der Waals surface area (Å²) in [5.74, 6) is -2.79. The minimum absolute atomic E-state index is 0.00162. The van der Waals surface area contributed by atoms with E-state index in [1.807, 2.05) is 24.3 Å². The highest BCUT2D eigenvalue weighted by Crippen LogP contribution is 2.59. The van der Waals surface area contributed by atoms with Crippen LogP contribution in [0.1, 0.15) is 44.7 Å². The monoisotopic (exact) mass is 436 g/mol. The van der Waals surface area contributed by atoms with Gasteiger partial charge in [-0.3, -0.25) is 9.59 Å². The predicted octanol–water partition coefficient (Wildman–Crippen LogP) is 3.20. The van der Waals surface area contributed by atoms with Gasteiger partial charge in [-0.25, -0.2) is 0 Å². The van der Waals surface area contributed by atoms with Crippen LogP contribution in [0.3, 0.4) is 0 Å². The van der Waals surface area contributed by atoms with Crippen LogP contribution >= 0.6 is 0 Å². The molecule has 2 aliphatic heterocycles. The molecule has 2 atom stereocenters. The minimum Gasteiger partial charge on any atom is -0.496 e. The number of benzene rings is 2. The second-order valence-corrected chi connectivity index (χ2v) is 8.62. The number of carbonyl (C=O) groups excluding carboxylic acids is 2. The first-order valence-electron chi connectivity index (χ1n) is 11.0. The highest BCUT2D eigenvalue weighted by atomic mass is 16.7. The molecule has 7 nitrogen and oxygen atoms in total. The van der Waals surface area contributed by atoms with Gasteiger partial charge in [0, 0.05) is 41.4 Å². The SMILES string of the molecule is COc1cccc2c1C1(OCCO1)C(C1CC(=O)c3ccccc3C13OCCO3)CC2=O. The summed E-state index contributed by atoms with van der Waals surface area (Å²) < 4.78 is 30.8. The molecule has 0 amide bonds. The van der Waals surface area contributed by atoms with E-state index in [1.165, 1.54) is 0 Å². The maximum atomic E-state index is 13.3. The molecule has 0 N–H and O–H groups in total. The Morgan fingerprint density at radius 2 is 1.31 bits per heavy atom. The number of carbonyl (C=O) groups is 2. The van der Waals surface area contributed by atoms with Gasteiger partial charge in [0.05, 0.1) is 39.1 Å². The molecule has 0 aromatic heterocycles. The first kappa shape index (κ1) is 20.1. The summed E-state index contributed by atoms with van der Waals surface area (Å²) in [4.78, 5) is 26.6. The molecule has 32 heavy (non-hydrogen) atoms. The molecule has 2 fully saturated rings. The fourth-order valence-corrected chi connectivity index (χ4v) is 6.00. The van der Waals surface area contributed by atoms with E-state index in [0.717, 1.165) is 0 Å². The van der Waals surface area contributed by atoms with Crippen molar-refractivity contribution in [2.24, 2.45) is 11.8 Å². The van der Waals surface area contributed by atoms with Gasteiger partial charge < -0.3 is 23.7 Å². The smallest absolute Gasteiger partial charge is 0.203 e. The van der Waals surface area contributed by atoms with Crippen LogP contribution in [0.15, 0.2) is 42.5 Å². The molecule has 2 heterocycles. The molecule has 0 bridgehead atoms. The lowest BCUT2D eigenvalue weighted by Crippen LogP contribution is -2.54. The lowest BCUT2D eigenvalue weighted by atomic mass is 9.63. The number of Topliss-reactive ketones (excluding diaryl/α,β-unsaturated/α-hetero) is 2. The largest absolute Gasteiger partial charge is 0.496 e. The Morgan fingerprint density at radius 3 is 2.00 bits per heavy atom. The van der Waals surface area contributed by atoms with Crippen LogP contribution in [-0.2, 0) is 30.5 Å². The maximum absolute atomic E-state index is 13.3. The van der Waals surface area contributed by atoms with Crippen LogP contribution in [0, 0.1) is 11.8 Å². The van der Waals surface area contributed by atoms with Crippen molar-refractivity contribution in [3.8, 4) is 5.75 Å². The van der Waals surface area contributed by atoms with Crippen LogP contribution in [0.25, 0.3) is 0 Å². The number of methoxy groups -OCH3 is 1. The van der Waals surface area contributed by atoms with Gasteiger partial charge in [-0.1, -0.05) is 36.4 Å². The molecule has 7 heteroatoms. The van der Waals surface area contributed by atoms with E-state index >= 15 is 0 Å². The van der Waals surface area contributed by atoms with E-state index in [0.29, 0.717) is 54.4 Å². The first-order valence-corrected chi connectivity index (χ1v) is 11.0. The molecule has 4 aliphatic rings. The number of hydrogen-bond acceptors (Lipinski definition) is 7. The van der Waals surface area contributed by atoms with Crippen LogP contribution in [0.5, 0.6) is 5.75 Å². The Kier molecular flexibility index (Phi) is 4.52. The van der Waals surface area contributed by atoms with Crippen molar-refractivity contribution in [3.63, 3.8) is 0 Å². The molecule has 2 saturated heterocycles. The van der Waals surface area contributed by atoms with Gasteiger partial charge in [-0.05, 0) is 6.07 Å². The minimum atomic E-state index is -1.21. The zero-order valence-corrected chi connectivity index (χ0v) is 17.8. The summed E-state index contributed by atoms with van der Waals surface area (Å²) >= 11 is 0. The van der Waals surface area contributed by atoms with Gasteiger partial charge >= 0.3 is 0 Å². The van der Waals surface area contributed by atoms with Crippen molar-refractivity contribution >= 4 is 11.6 Å². The summed E-state index contributed by atoms with van der Waals surface area (Å²) in [5.41, 5.74) is 2.45. The third-order valence-electron chi connectivity index (χ3n) is 7.20. The van der Waals surface area contributed by atoms with Crippen molar-refractivity contribution in [1.29, 1.82) is 0 Å². The molecule has 2 spiro atoms. The average Bonchev–Trinajstić information content (AvgIpc) is 3.50. The number of fused-ring (bicyclic) bond motifs is 4. The molecule has 0 saturated carbocycles. The highest BCUT2D eigenvalue weighted by Gasteiger charge is 2.63. The third kappa shape index (κ3) is 2.56. The van der Waals surface area contributed by atoms with E-state index in [1.54, 1.807) is 25.3 Å². The van der Waals surface area contributed by atoms with Gasteiger partial charge in [-0.2, -0.15) is 0 Å². The summed E-state index contributed by atoms with van der Waals surface area (Å²) in [6.45, 7) is 1.59. The zero-order chi connectivity index (χ0) is 21.9. The Morgan fingerprint density at radius 1 is 0.750 bits per heavy atom. The Bertz CT molecular complexity index is 1100. The highest BCUT2D eigenvalue weighted by molar-refractivity contribution is 6.01. The molecular weight excluding hydrogens is 412 g/mol. The van der Waals surface area contributed by atoms with Crippen molar-refractivity contribution in [2.45, 2.75) is 24.4 Å². The molecular formula is C25H24O7. The van der Waals surface area contributed by atoms with Gasteiger partial charge in [0.25, 0.3) is 0 Å². The molecule has 6 rings (SSSR count). The van der Waals surface area contributed by atoms with E-state index in [4.69, 9.17) is 23.7 Å². The van der Waals surface area contributed by atoms with E-state index in [2.05, 4.69) is 0 Å². The standard InChI is InChI=1S/C25H24O7/c1-28-22-8-4-6-16-21(27)14-19(25(23(16)22)31-11-12-32-25)18-13-20(26)15-5-2-3-7-17(15)24(18)29-9-10-30-24/h2-8,18-19H,9-14H2,1H3. The van der Waals surface area contributed by atoms with E-state index in [9.17, 15) is 9.59 Å². The first-order chi connectivity index (χ1) is 15.6. The number of hydrogen-bond donors (Lipinski definition) is 0. The Balaban J connectivity index is 1.56. The summed E-state index contributed by atoms with van der Waals surface area (Å²) in [6, 6.07) is 12.8. The molecule has 2 aromatic carbocycles. The molecule has 166 valence electrons. The van der Waals surface area contributed by atoms with Gasteiger partial charge in [0.2, 0.25) is 5.79 Å². The summed E-state index contributed by atoms with van der Waals surface area (Å²) in [6.07, 6.45) is 0.336. The van der Waals surface area contributed by atoms with Crippen molar-refractivity contribution in [3.05, 3.63) is 64.7 Å². The lowest BCUT2D eigenvalue weighted by molar-refractivity contribution is -0.278.